The van der Waals surface area contributed by atoms with Gasteiger partial charge < -0.3 is 19.3 Å². The van der Waals surface area contributed by atoms with Gasteiger partial charge in [0.1, 0.15) is 11.6 Å². The maximum absolute atomic E-state index is 13.2. The molecular weight excluding hydrogens is 375 g/mol. The van der Waals surface area contributed by atoms with Gasteiger partial charge in [0, 0.05) is 32.8 Å². The molecule has 3 aromatic rings. The summed E-state index contributed by atoms with van der Waals surface area (Å²) in [5.41, 5.74) is 0.569. The molecule has 0 radical (unpaired) electrons. The molecule has 1 aliphatic heterocycles. The molecule has 3 heterocycles. The number of aromatic nitrogens is 3. The number of nitrogens with zero attached hydrogens (tertiary/aromatic N) is 4. The first kappa shape index (κ1) is 19.5. The monoisotopic (exact) mass is 398 g/mol. The number of benzene rings is 1. The number of ether oxygens (including phenoxy) is 1. The molecular formula is C21H23FN4O3. The van der Waals surface area contributed by atoms with Gasteiger partial charge in [0.25, 0.3) is 5.89 Å². The van der Waals surface area contributed by atoms with Crippen molar-refractivity contribution >= 4 is 5.82 Å². The average molecular weight is 398 g/mol. The molecule has 1 aromatic carbocycles. The fourth-order valence-corrected chi connectivity index (χ4v) is 3.52. The van der Waals surface area contributed by atoms with Crippen LogP contribution in [0.15, 0.2) is 47.1 Å². The fraction of sp³-hybridized carbons (Fsp3) is 0.381. The van der Waals surface area contributed by atoms with Gasteiger partial charge in [-0.3, -0.25) is 0 Å². The molecule has 1 saturated heterocycles. The molecule has 0 bridgehead atoms. The lowest BCUT2D eigenvalue weighted by Gasteiger charge is -2.39. The molecule has 1 aliphatic rings. The fourth-order valence-electron chi connectivity index (χ4n) is 3.52. The van der Waals surface area contributed by atoms with Crippen LogP contribution in [0.1, 0.15) is 24.2 Å². The van der Waals surface area contributed by atoms with Gasteiger partial charge in [0.15, 0.2) is 5.82 Å². The highest BCUT2D eigenvalue weighted by Crippen LogP contribution is 2.34. The summed E-state index contributed by atoms with van der Waals surface area (Å²) in [4.78, 5) is 11.0. The van der Waals surface area contributed by atoms with E-state index in [0.29, 0.717) is 50.7 Å². The average Bonchev–Trinajstić information content (AvgIpc) is 3.22. The van der Waals surface area contributed by atoms with Crippen molar-refractivity contribution in [2.75, 3.05) is 31.7 Å². The maximum atomic E-state index is 13.2. The summed E-state index contributed by atoms with van der Waals surface area (Å²) in [6.45, 7) is 1.85. The van der Waals surface area contributed by atoms with Gasteiger partial charge in [0.05, 0.1) is 17.8 Å². The number of anilines is 1. The maximum Gasteiger partial charge on any atom is 0.259 e. The van der Waals surface area contributed by atoms with E-state index in [1.807, 2.05) is 12.1 Å². The summed E-state index contributed by atoms with van der Waals surface area (Å²) in [6.07, 6.45) is 3.41. The lowest BCUT2D eigenvalue weighted by molar-refractivity contribution is 0.0116. The Bertz CT molecular complexity index is 935. The molecule has 2 aromatic heterocycles. The van der Waals surface area contributed by atoms with Crippen LogP contribution in [0.25, 0.3) is 11.5 Å². The first-order chi connectivity index (χ1) is 14.1. The number of methoxy groups -OCH3 is 1. The van der Waals surface area contributed by atoms with Crippen molar-refractivity contribution in [2.45, 2.75) is 24.9 Å². The van der Waals surface area contributed by atoms with Crippen LogP contribution in [0, 0.1) is 5.82 Å². The smallest absolute Gasteiger partial charge is 0.259 e. The Balaban J connectivity index is 1.40. The molecule has 0 spiro atoms. The van der Waals surface area contributed by atoms with E-state index in [-0.39, 0.29) is 5.82 Å². The van der Waals surface area contributed by atoms with Crippen LogP contribution in [0.5, 0.6) is 0 Å². The molecule has 8 heteroatoms. The number of halogens is 1. The van der Waals surface area contributed by atoms with Crippen molar-refractivity contribution in [2.24, 2.45) is 0 Å². The number of aliphatic hydroxyl groups is 1. The van der Waals surface area contributed by atoms with E-state index in [4.69, 9.17) is 9.26 Å². The molecule has 0 amide bonds. The van der Waals surface area contributed by atoms with Gasteiger partial charge >= 0.3 is 0 Å². The number of rotatable bonds is 6. The molecule has 4 rings (SSSR count). The molecule has 7 nitrogen and oxygen atoms in total. The van der Waals surface area contributed by atoms with E-state index in [2.05, 4.69) is 20.0 Å². The summed E-state index contributed by atoms with van der Waals surface area (Å²) in [5.74, 6) is 1.56. The predicted molar refractivity (Wildman–Crippen MR) is 105 cm³/mol. The first-order valence-electron chi connectivity index (χ1n) is 9.59. The summed E-state index contributed by atoms with van der Waals surface area (Å²) in [5, 5.41) is 14.9. The number of pyridine rings is 1. The SMILES string of the molecule is COCCc1noc(-c2ccc(N3CCC(O)(c4ccc(F)cc4)CC3)nc2)n1. The Hall–Kier alpha value is -2.84. The van der Waals surface area contributed by atoms with Gasteiger partial charge in [-0.15, -0.1) is 0 Å². The van der Waals surface area contributed by atoms with E-state index in [1.54, 1.807) is 25.4 Å². The predicted octanol–water partition coefficient (Wildman–Crippen LogP) is 2.95. The topological polar surface area (TPSA) is 84.5 Å². The lowest BCUT2D eigenvalue weighted by Crippen LogP contribution is -2.43. The van der Waals surface area contributed by atoms with Crippen LogP contribution in [-0.4, -0.2) is 47.0 Å². The zero-order chi connectivity index (χ0) is 20.3. The van der Waals surface area contributed by atoms with Crippen molar-refractivity contribution < 1.29 is 18.8 Å². The highest BCUT2D eigenvalue weighted by atomic mass is 19.1. The number of piperidine rings is 1. The van der Waals surface area contributed by atoms with Crippen LogP contribution >= 0.6 is 0 Å². The van der Waals surface area contributed by atoms with Gasteiger partial charge in [-0.1, -0.05) is 17.3 Å². The van der Waals surface area contributed by atoms with Crippen LogP contribution in [0.4, 0.5) is 10.2 Å². The lowest BCUT2D eigenvalue weighted by atomic mass is 9.84. The van der Waals surface area contributed by atoms with E-state index >= 15 is 0 Å². The summed E-state index contributed by atoms with van der Waals surface area (Å²) in [6, 6.07) is 9.90. The normalized spacial score (nSPS) is 16.2. The van der Waals surface area contributed by atoms with Crippen molar-refractivity contribution in [1.82, 2.24) is 15.1 Å². The van der Waals surface area contributed by atoms with Crippen LogP contribution < -0.4 is 4.90 Å². The quantitative estimate of drug-likeness (QED) is 0.683. The summed E-state index contributed by atoms with van der Waals surface area (Å²) >= 11 is 0. The van der Waals surface area contributed by atoms with E-state index in [1.165, 1.54) is 12.1 Å². The Kier molecular flexibility index (Phi) is 5.55. The van der Waals surface area contributed by atoms with Crippen LogP contribution in [-0.2, 0) is 16.8 Å². The van der Waals surface area contributed by atoms with E-state index in [0.717, 1.165) is 16.9 Å². The minimum atomic E-state index is -0.938. The Morgan fingerprint density at radius 2 is 1.93 bits per heavy atom. The standard InChI is InChI=1S/C21H23FN4O3/c1-28-13-8-18-24-20(29-25-18)15-2-7-19(23-14-15)26-11-9-21(27,10-12-26)16-3-5-17(22)6-4-16/h2-7,14,27H,8-13H2,1H3. The minimum Gasteiger partial charge on any atom is -0.385 e. The van der Waals surface area contributed by atoms with E-state index < -0.39 is 5.60 Å². The van der Waals surface area contributed by atoms with E-state index in [9.17, 15) is 9.50 Å². The number of hydrogen-bond donors (Lipinski definition) is 1. The Labute approximate surface area is 168 Å². The molecule has 1 N–H and O–H groups in total. The van der Waals surface area contributed by atoms with Crippen molar-refractivity contribution in [3.05, 3.63) is 59.8 Å². The van der Waals surface area contributed by atoms with Gasteiger partial charge in [-0.25, -0.2) is 9.37 Å². The minimum absolute atomic E-state index is 0.300. The molecule has 0 atom stereocenters. The second-order valence-electron chi connectivity index (χ2n) is 7.19. The third-order valence-corrected chi connectivity index (χ3v) is 5.29. The summed E-state index contributed by atoms with van der Waals surface area (Å²) in [7, 11) is 1.63. The zero-order valence-corrected chi connectivity index (χ0v) is 16.2. The molecule has 152 valence electrons. The number of hydrogen-bond acceptors (Lipinski definition) is 7. The largest absolute Gasteiger partial charge is 0.385 e. The highest BCUT2D eigenvalue weighted by Gasteiger charge is 2.34. The molecule has 0 saturated carbocycles. The van der Waals surface area contributed by atoms with Gasteiger partial charge in [-0.05, 0) is 42.7 Å². The highest BCUT2D eigenvalue weighted by molar-refractivity contribution is 5.55. The van der Waals surface area contributed by atoms with Crippen LogP contribution in [0.2, 0.25) is 0 Å². The van der Waals surface area contributed by atoms with Crippen LogP contribution in [0.3, 0.4) is 0 Å². The second kappa shape index (κ2) is 8.26. The Morgan fingerprint density at radius 1 is 1.17 bits per heavy atom. The van der Waals surface area contributed by atoms with Crippen molar-refractivity contribution in [3.8, 4) is 11.5 Å². The third-order valence-electron chi connectivity index (χ3n) is 5.29. The van der Waals surface area contributed by atoms with Crippen molar-refractivity contribution in [1.29, 1.82) is 0 Å². The molecule has 0 aliphatic carbocycles. The second-order valence-corrected chi connectivity index (χ2v) is 7.19. The summed E-state index contributed by atoms with van der Waals surface area (Å²) < 4.78 is 23.5. The molecule has 0 unspecified atom stereocenters. The third kappa shape index (κ3) is 4.28. The van der Waals surface area contributed by atoms with Gasteiger partial charge in [-0.2, -0.15) is 4.98 Å². The zero-order valence-electron chi connectivity index (χ0n) is 16.2. The Morgan fingerprint density at radius 3 is 2.59 bits per heavy atom. The van der Waals surface area contributed by atoms with Crippen molar-refractivity contribution in [3.63, 3.8) is 0 Å². The molecule has 29 heavy (non-hydrogen) atoms. The van der Waals surface area contributed by atoms with Gasteiger partial charge in [0.2, 0.25) is 0 Å². The molecule has 1 fully saturated rings. The first-order valence-corrected chi connectivity index (χ1v) is 9.59.